The topological polar surface area (TPSA) is 57.6 Å². The lowest BCUT2D eigenvalue weighted by Gasteiger charge is -2.43. The maximum atomic E-state index is 12.3. The van der Waals surface area contributed by atoms with E-state index in [1.165, 1.54) is 0 Å². The molecule has 1 aliphatic rings. The molecular weight excluding hydrogens is 254 g/mol. The summed E-state index contributed by atoms with van der Waals surface area (Å²) < 4.78 is 0. The predicted octanol–water partition coefficient (Wildman–Crippen LogP) is 2.87. The molecule has 4 nitrogen and oxygen atoms in total. The van der Waals surface area contributed by atoms with Crippen molar-refractivity contribution in [2.24, 2.45) is 29.6 Å². The lowest BCUT2D eigenvalue weighted by atomic mass is 9.79. The molecule has 1 aliphatic heterocycles. The molecule has 0 aliphatic carbocycles. The van der Waals surface area contributed by atoms with E-state index in [2.05, 4.69) is 27.7 Å². The van der Waals surface area contributed by atoms with Crippen LogP contribution in [0.3, 0.4) is 0 Å². The highest BCUT2D eigenvalue weighted by Gasteiger charge is 2.42. The van der Waals surface area contributed by atoms with Gasteiger partial charge in [0.05, 0.1) is 5.92 Å². The molecule has 1 heterocycles. The molecule has 4 heteroatoms. The van der Waals surface area contributed by atoms with E-state index in [-0.39, 0.29) is 17.9 Å². The average Bonchev–Trinajstić information content (AvgIpc) is 2.26. The molecular formula is C16H29NO3. The van der Waals surface area contributed by atoms with Gasteiger partial charge in [-0.15, -0.1) is 0 Å². The zero-order valence-corrected chi connectivity index (χ0v) is 13.6. The Morgan fingerprint density at radius 2 is 1.75 bits per heavy atom. The highest BCUT2D eigenvalue weighted by Crippen LogP contribution is 2.32. The first-order valence-corrected chi connectivity index (χ1v) is 7.69. The van der Waals surface area contributed by atoms with Crippen molar-refractivity contribution in [3.05, 3.63) is 0 Å². The molecule has 0 aromatic rings. The number of piperidine rings is 1. The first-order valence-electron chi connectivity index (χ1n) is 7.69. The van der Waals surface area contributed by atoms with Crippen LogP contribution >= 0.6 is 0 Å². The van der Waals surface area contributed by atoms with E-state index in [0.717, 1.165) is 0 Å². The Bertz CT molecular complexity index is 357. The number of nitrogens with zero attached hydrogens (tertiary/aromatic N) is 1. The molecule has 20 heavy (non-hydrogen) atoms. The molecule has 0 spiro atoms. The standard InChI is InChI=1S/C16H29NO3/c1-9(2)13(10(3)4)8-17-12(6)15(16(19)20)11(5)7-14(17)18/h9-13,15H,7-8H2,1-6H3,(H,19,20). The Labute approximate surface area is 122 Å². The van der Waals surface area contributed by atoms with Gasteiger partial charge in [-0.2, -0.15) is 0 Å². The van der Waals surface area contributed by atoms with Gasteiger partial charge in [0.2, 0.25) is 5.91 Å². The molecule has 3 unspecified atom stereocenters. The fraction of sp³-hybridized carbons (Fsp3) is 0.875. The van der Waals surface area contributed by atoms with Crippen LogP contribution in [0.1, 0.15) is 48.0 Å². The quantitative estimate of drug-likeness (QED) is 0.844. The van der Waals surface area contributed by atoms with Gasteiger partial charge in [-0.3, -0.25) is 9.59 Å². The minimum absolute atomic E-state index is 0.0807. The number of carboxylic acid groups (broad SMARTS) is 1. The summed E-state index contributed by atoms with van der Waals surface area (Å²) >= 11 is 0. The van der Waals surface area contributed by atoms with E-state index in [0.29, 0.717) is 30.7 Å². The zero-order chi connectivity index (χ0) is 15.6. The molecule has 0 aromatic carbocycles. The third-order valence-electron chi connectivity index (χ3n) is 4.85. The summed E-state index contributed by atoms with van der Waals surface area (Å²) in [7, 11) is 0. The molecule has 0 radical (unpaired) electrons. The van der Waals surface area contributed by atoms with Crippen molar-refractivity contribution in [2.45, 2.75) is 54.0 Å². The Morgan fingerprint density at radius 3 is 2.15 bits per heavy atom. The Kier molecular flexibility index (Phi) is 5.60. The molecule has 1 amide bonds. The molecule has 1 rings (SSSR count). The van der Waals surface area contributed by atoms with Gasteiger partial charge in [-0.25, -0.2) is 0 Å². The second-order valence-corrected chi connectivity index (χ2v) is 6.98. The Morgan fingerprint density at radius 1 is 1.25 bits per heavy atom. The van der Waals surface area contributed by atoms with Gasteiger partial charge in [0, 0.05) is 19.0 Å². The van der Waals surface area contributed by atoms with Crippen molar-refractivity contribution in [3.63, 3.8) is 0 Å². The summed E-state index contributed by atoms with van der Waals surface area (Å²) in [4.78, 5) is 25.5. The normalized spacial score (nSPS) is 27.8. The third kappa shape index (κ3) is 3.53. The number of amides is 1. The average molecular weight is 283 g/mol. The summed E-state index contributed by atoms with van der Waals surface area (Å²) in [6.45, 7) is 13.1. The summed E-state index contributed by atoms with van der Waals surface area (Å²) in [6.07, 6.45) is 0.351. The largest absolute Gasteiger partial charge is 0.481 e. The fourth-order valence-corrected chi connectivity index (χ4v) is 3.55. The van der Waals surface area contributed by atoms with E-state index in [4.69, 9.17) is 0 Å². The molecule has 1 N–H and O–H groups in total. The van der Waals surface area contributed by atoms with E-state index in [1.807, 2.05) is 18.7 Å². The van der Waals surface area contributed by atoms with E-state index in [1.54, 1.807) is 0 Å². The molecule has 1 fully saturated rings. The molecule has 0 bridgehead atoms. The molecule has 3 atom stereocenters. The summed E-state index contributed by atoms with van der Waals surface area (Å²) in [5, 5.41) is 9.40. The molecule has 116 valence electrons. The lowest BCUT2D eigenvalue weighted by molar-refractivity contribution is -0.155. The highest BCUT2D eigenvalue weighted by molar-refractivity contribution is 5.81. The lowest BCUT2D eigenvalue weighted by Crippen LogP contribution is -2.54. The van der Waals surface area contributed by atoms with Gasteiger partial charge in [0.25, 0.3) is 0 Å². The van der Waals surface area contributed by atoms with Crippen LogP contribution in [0.2, 0.25) is 0 Å². The highest BCUT2D eigenvalue weighted by atomic mass is 16.4. The van der Waals surface area contributed by atoms with Crippen LogP contribution in [-0.4, -0.2) is 34.5 Å². The smallest absolute Gasteiger partial charge is 0.308 e. The number of rotatable bonds is 5. The van der Waals surface area contributed by atoms with Crippen molar-refractivity contribution in [1.82, 2.24) is 4.90 Å². The minimum atomic E-state index is -0.784. The van der Waals surface area contributed by atoms with Crippen LogP contribution in [0, 0.1) is 29.6 Å². The Balaban J connectivity index is 2.92. The number of hydrogen-bond donors (Lipinski definition) is 1. The number of aliphatic carboxylic acids is 1. The van der Waals surface area contributed by atoms with Gasteiger partial charge in [-0.05, 0) is 30.6 Å². The fourth-order valence-electron chi connectivity index (χ4n) is 3.55. The second kappa shape index (κ2) is 6.59. The van der Waals surface area contributed by atoms with Crippen LogP contribution in [0.15, 0.2) is 0 Å². The molecule has 0 saturated carbocycles. The van der Waals surface area contributed by atoms with Gasteiger partial charge in [-0.1, -0.05) is 34.6 Å². The van der Waals surface area contributed by atoms with Crippen molar-refractivity contribution in [1.29, 1.82) is 0 Å². The van der Waals surface area contributed by atoms with E-state index < -0.39 is 11.9 Å². The van der Waals surface area contributed by atoms with Crippen LogP contribution in [0.25, 0.3) is 0 Å². The molecule has 1 saturated heterocycles. The SMILES string of the molecule is CC(C)C(CN1C(=O)CC(C)C(C(=O)O)C1C)C(C)C. The van der Waals surface area contributed by atoms with E-state index >= 15 is 0 Å². The van der Waals surface area contributed by atoms with E-state index in [9.17, 15) is 14.7 Å². The van der Waals surface area contributed by atoms with Crippen LogP contribution in [0.5, 0.6) is 0 Å². The number of hydrogen-bond acceptors (Lipinski definition) is 2. The first-order chi connectivity index (χ1) is 9.16. The predicted molar refractivity (Wildman–Crippen MR) is 79.2 cm³/mol. The van der Waals surface area contributed by atoms with Crippen LogP contribution < -0.4 is 0 Å². The van der Waals surface area contributed by atoms with Crippen LogP contribution in [-0.2, 0) is 9.59 Å². The van der Waals surface area contributed by atoms with Gasteiger partial charge >= 0.3 is 5.97 Å². The van der Waals surface area contributed by atoms with Crippen molar-refractivity contribution >= 4 is 11.9 Å². The van der Waals surface area contributed by atoms with Crippen molar-refractivity contribution in [3.8, 4) is 0 Å². The van der Waals surface area contributed by atoms with Gasteiger partial charge in [0.15, 0.2) is 0 Å². The monoisotopic (exact) mass is 283 g/mol. The maximum Gasteiger partial charge on any atom is 0.308 e. The molecule has 0 aromatic heterocycles. The van der Waals surface area contributed by atoms with Crippen molar-refractivity contribution < 1.29 is 14.7 Å². The third-order valence-corrected chi connectivity index (χ3v) is 4.85. The van der Waals surface area contributed by atoms with Crippen molar-refractivity contribution in [2.75, 3.05) is 6.54 Å². The number of carboxylic acids is 1. The zero-order valence-electron chi connectivity index (χ0n) is 13.6. The summed E-state index contributed by atoms with van der Waals surface area (Å²) in [5.41, 5.74) is 0. The first kappa shape index (κ1) is 17.0. The Hall–Kier alpha value is -1.06. The van der Waals surface area contributed by atoms with Gasteiger partial charge in [0.1, 0.15) is 0 Å². The number of likely N-dealkylation sites (tertiary alicyclic amines) is 1. The minimum Gasteiger partial charge on any atom is -0.481 e. The number of carbonyl (C=O) groups is 2. The summed E-state index contributed by atoms with van der Waals surface area (Å²) in [5.74, 6) is 0.164. The van der Waals surface area contributed by atoms with Crippen LogP contribution in [0.4, 0.5) is 0 Å². The van der Waals surface area contributed by atoms with Gasteiger partial charge < -0.3 is 10.0 Å². The maximum absolute atomic E-state index is 12.3. The summed E-state index contributed by atoms with van der Waals surface area (Å²) in [6, 6.07) is -0.219. The number of carbonyl (C=O) groups excluding carboxylic acids is 1. The second-order valence-electron chi connectivity index (χ2n) is 6.98.